The number of aromatic carboxylic acids is 1. The van der Waals surface area contributed by atoms with Gasteiger partial charge in [-0.2, -0.15) is 0 Å². The molecule has 0 aliphatic rings. The van der Waals surface area contributed by atoms with Crippen LogP contribution >= 0.6 is 0 Å². The Morgan fingerprint density at radius 2 is 1.55 bits per heavy atom. The average molecular weight is 549 g/mol. The molecule has 0 amide bonds. The second-order valence-electron chi connectivity index (χ2n) is 9.72. The Morgan fingerprint density at radius 1 is 0.825 bits per heavy atom. The molecule has 40 heavy (non-hydrogen) atoms. The predicted octanol–water partition coefficient (Wildman–Crippen LogP) is 7.36. The van der Waals surface area contributed by atoms with E-state index in [1.807, 2.05) is 30.3 Å². The standard InChI is InChI=1S/C33H37FO6/c34-29-17-19-30(20-18-29)39-21-6-22-40-31-11-5-10-26(24-31)9-2-1-7-25(8-3-4-12-32(35)36)23-27-13-15-28(16-14-27)33(37)38/h1,5,7,10-11,13-20,24-25H,2-4,6,8-9,12,21-23H2,(H,35,36)(H,37,38)/b7-1-. The third kappa shape index (κ3) is 11.7. The van der Waals surface area contributed by atoms with Crippen molar-refractivity contribution >= 4 is 11.9 Å². The van der Waals surface area contributed by atoms with E-state index in [1.165, 1.54) is 17.7 Å². The van der Waals surface area contributed by atoms with Gasteiger partial charge in [-0.05, 0) is 97.7 Å². The number of carbonyl (C=O) groups is 2. The number of ether oxygens (including phenoxy) is 2. The van der Waals surface area contributed by atoms with Crippen molar-refractivity contribution < 1.29 is 33.7 Å². The highest BCUT2D eigenvalue weighted by atomic mass is 19.1. The molecule has 0 heterocycles. The van der Waals surface area contributed by atoms with Crippen molar-refractivity contribution in [1.29, 1.82) is 0 Å². The van der Waals surface area contributed by atoms with Crippen LogP contribution in [0.3, 0.4) is 0 Å². The van der Waals surface area contributed by atoms with E-state index in [0.29, 0.717) is 31.8 Å². The van der Waals surface area contributed by atoms with Crippen LogP contribution in [0.1, 0.15) is 60.0 Å². The number of aliphatic carboxylic acids is 1. The lowest BCUT2D eigenvalue weighted by Crippen LogP contribution is -2.05. The fraction of sp³-hybridized carbons (Fsp3) is 0.333. The number of carboxylic acids is 2. The molecule has 6 nitrogen and oxygen atoms in total. The average Bonchev–Trinajstić information content (AvgIpc) is 2.94. The first-order valence-electron chi connectivity index (χ1n) is 13.7. The van der Waals surface area contributed by atoms with Crippen LogP contribution in [0.4, 0.5) is 4.39 Å². The van der Waals surface area contributed by atoms with Gasteiger partial charge in [0.1, 0.15) is 17.3 Å². The van der Waals surface area contributed by atoms with Gasteiger partial charge in [-0.3, -0.25) is 4.79 Å². The number of hydrogen-bond acceptors (Lipinski definition) is 4. The molecule has 0 bridgehead atoms. The van der Waals surface area contributed by atoms with Crippen molar-refractivity contribution in [3.05, 3.63) is 107 Å². The third-order valence-corrected chi connectivity index (χ3v) is 6.46. The first-order chi connectivity index (χ1) is 19.4. The van der Waals surface area contributed by atoms with Gasteiger partial charge < -0.3 is 19.7 Å². The van der Waals surface area contributed by atoms with Gasteiger partial charge in [-0.25, -0.2) is 9.18 Å². The predicted molar refractivity (Wildman–Crippen MR) is 153 cm³/mol. The van der Waals surface area contributed by atoms with E-state index < -0.39 is 11.9 Å². The minimum atomic E-state index is -0.943. The molecular weight excluding hydrogens is 511 g/mol. The number of halogens is 1. The Kier molecular flexibility index (Phi) is 12.7. The maximum Gasteiger partial charge on any atom is 0.335 e. The van der Waals surface area contributed by atoms with Crippen LogP contribution in [0.15, 0.2) is 84.9 Å². The maximum atomic E-state index is 13.0. The highest BCUT2D eigenvalue weighted by Crippen LogP contribution is 2.20. The molecule has 3 aromatic carbocycles. The Bertz CT molecular complexity index is 1220. The van der Waals surface area contributed by atoms with E-state index in [1.54, 1.807) is 24.3 Å². The van der Waals surface area contributed by atoms with Crippen LogP contribution in [0, 0.1) is 11.7 Å². The fourth-order valence-corrected chi connectivity index (χ4v) is 4.33. The molecule has 1 atom stereocenters. The first kappa shape index (κ1) is 30.4. The molecule has 212 valence electrons. The van der Waals surface area contributed by atoms with Gasteiger partial charge in [0.25, 0.3) is 0 Å². The SMILES string of the molecule is O=C(O)CCCCC(/C=C\CCc1cccc(OCCCOc2ccc(F)cc2)c1)Cc1ccc(C(=O)O)cc1. The lowest BCUT2D eigenvalue weighted by Gasteiger charge is -2.13. The number of unbranched alkanes of at least 4 members (excludes halogenated alkanes) is 1. The van der Waals surface area contributed by atoms with Crippen molar-refractivity contribution in [2.75, 3.05) is 13.2 Å². The van der Waals surface area contributed by atoms with Gasteiger partial charge in [0.05, 0.1) is 18.8 Å². The van der Waals surface area contributed by atoms with E-state index in [0.717, 1.165) is 43.4 Å². The molecule has 0 saturated heterocycles. The van der Waals surface area contributed by atoms with Gasteiger partial charge in [-0.15, -0.1) is 0 Å². The summed E-state index contributed by atoms with van der Waals surface area (Å²) in [6.45, 7) is 0.999. The molecule has 3 rings (SSSR count). The molecule has 7 heteroatoms. The molecule has 0 aromatic heterocycles. The Morgan fingerprint density at radius 3 is 2.25 bits per heavy atom. The number of hydrogen-bond donors (Lipinski definition) is 2. The summed E-state index contributed by atoms with van der Waals surface area (Å²) in [5.41, 5.74) is 2.50. The minimum Gasteiger partial charge on any atom is -0.493 e. The molecule has 0 spiro atoms. The summed E-state index contributed by atoms with van der Waals surface area (Å²) >= 11 is 0. The van der Waals surface area contributed by atoms with Crippen LogP contribution < -0.4 is 9.47 Å². The zero-order chi connectivity index (χ0) is 28.6. The zero-order valence-corrected chi connectivity index (χ0v) is 22.6. The second kappa shape index (κ2) is 16.7. The molecule has 0 aliphatic heterocycles. The van der Waals surface area contributed by atoms with Crippen molar-refractivity contribution in [1.82, 2.24) is 0 Å². The summed E-state index contributed by atoms with van der Waals surface area (Å²) in [4.78, 5) is 22.0. The number of benzene rings is 3. The molecule has 0 fully saturated rings. The minimum absolute atomic E-state index is 0.170. The largest absolute Gasteiger partial charge is 0.493 e. The normalized spacial score (nSPS) is 11.8. The van der Waals surface area contributed by atoms with Crippen molar-refractivity contribution in [3.8, 4) is 11.5 Å². The van der Waals surface area contributed by atoms with Crippen LogP contribution in [0.25, 0.3) is 0 Å². The van der Waals surface area contributed by atoms with Gasteiger partial charge in [0.2, 0.25) is 0 Å². The summed E-state index contributed by atoms with van der Waals surface area (Å²) in [5.74, 6) is -0.317. The number of carboxylic acid groups (broad SMARTS) is 2. The molecule has 1 unspecified atom stereocenters. The van der Waals surface area contributed by atoms with Crippen LogP contribution in [-0.2, 0) is 17.6 Å². The summed E-state index contributed by atoms with van der Waals surface area (Å²) in [5, 5.41) is 18.1. The maximum absolute atomic E-state index is 13.0. The van der Waals surface area contributed by atoms with Gasteiger partial charge >= 0.3 is 11.9 Å². The van der Waals surface area contributed by atoms with Gasteiger partial charge in [-0.1, -0.05) is 42.8 Å². The van der Waals surface area contributed by atoms with E-state index in [9.17, 15) is 14.0 Å². The monoisotopic (exact) mass is 548 g/mol. The summed E-state index contributed by atoms with van der Waals surface area (Å²) < 4.78 is 24.4. The number of aryl methyl sites for hydroxylation is 1. The number of allylic oxidation sites excluding steroid dienone is 2. The smallest absolute Gasteiger partial charge is 0.335 e. The van der Waals surface area contributed by atoms with Crippen molar-refractivity contribution in [2.24, 2.45) is 5.92 Å². The topological polar surface area (TPSA) is 93.1 Å². The quantitative estimate of drug-likeness (QED) is 0.127. The molecule has 2 N–H and O–H groups in total. The van der Waals surface area contributed by atoms with E-state index in [2.05, 4.69) is 18.2 Å². The highest BCUT2D eigenvalue weighted by Gasteiger charge is 2.09. The second-order valence-corrected chi connectivity index (χ2v) is 9.72. The van der Waals surface area contributed by atoms with Gasteiger partial charge in [0.15, 0.2) is 0 Å². The molecule has 0 aliphatic carbocycles. The summed E-state index contributed by atoms with van der Waals surface area (Å²) in [6, 6.07) is 20.9. The summed E-state index contributed by atoms with van der Waals surface area (Å²) in [6.07, 6.45) is 10.1. The Hall–Kier alpha value is -4.13. The van der Waals surface area contributed by atoms with Crippen molar-refractivity contribution in [2.45, 2.75) is 51.4 Å². The number of rotatable bonds is 18. The lowest BCUT2D eigenvalue weighted by atomic mass is 9.92. The highest BCUT2D eigenvalue weighted by molar-refractivity contribution is 5.87. The van der Waals surface area contributed by atoms with E-state index >= 15 is 0 Å². The third-order valence-electron chi connectivity index (χ3n) is 6.46. The summed E-state index contributed by atoms with van der Waals surface area (Å²) in [7, 11) is 0. The van der Waals surface area contributed by atoms with Gasteiger partial charge in [0, 0.05) is 12.8 Å². The van der Waals surface area contributed by atoms with E-state index in [4.69, 9.17) is 19.7 Å². The zero-order valence-electron chi connectivity index (χ0n) is 22.6. The molecular formula is C33H37FO6. The van der Waals surface area contributed by atoms with Crippen LogP contribution in [0.2, 0.25) is 0 Å². The Labute approximate surface area is 235 Å². The molecule has 0 radical (unpaired) electrons. The van der Waals surface area contributed by atoms with Crippen LogP contribution in [0.5, 0.6) is 11.5 Å². The first-order valence-corrected chi connectivity index (χ1v) is 13.7. The van der Waals surface area contributed by atoms with Crippen molar-refractivity contribution in [3.63, 3.8) is 0 Å². The molecule has 3 aromatic rings. The lowest BCUT2D eigenvalue weighted by molar-refractivity contribution is -0.137. The molecule has 0 saturated carbocycles. The van der Waals surface area contributed by atoms with E-state index in [-0.39, 0.29) is 23.7 Å². The fourth-order valence-electron chi connectivity index (χ4n) is 4.33. The Balaban J connectivity index is 1.44. The van der Waals surface area contributed by atoms with Crippen LogP contribution in [-0.4, -0.2) is 35.4 Å².